The maximum Gasteiger partial charge on any atom is 0.0280 e. The van der Waals surface area contributed by atoms with E-state index >= 15 is 0 Å². The zero-order chi connectivity index (χ0) is 18.1. The van der Waals surface area contributed by atoms with E-state index in [1.165, 1.54) is 60.8 Å². The summed E-state index contributed by atoms with van der Waals surface area (Å²) in [7, 11) is 0. The van der Waals surface area contributed by atoms with E-state index in [2.05, 4.69) is 62.4 Å². The number of hydrogen-bond acceptors (Lipinski definition) is 2. The topological polar surface area (TPSA) is 0 Å². The molecule has 0 nitrogen and oxygen atoms in total. The first-order valence-corrected chi connectivity index (χ1v) is 10.7. The molecule has 0 aliphatic heterocycles. The summed E-state index contributed by atoms with van der Waals surface area (Å²) >= 11 is 9.66. The molecule has 0 aliphatic carbocycles. The van der Waals surface area contributed by atoms with Crippen molar-refractivity contribution in [3.8, 4) is 0 Å². The molecule has 0 aromatic heterocycles. The molecule has 2 unspecified atom stereocenters. The second kappa shape index (κ2) is 11.0. The van der Waals surface area contributed by atoms with E-state index in [-0.39, 0.29) is 10.5 Å². The first-order valence-electron chi connectivity index (χ1n) is 9.67. The van der Waals surface area contributed by atoms with Gasteiger partial charge in [0.15, 0.2) is 0 Å². The molecule has 2 heteroatoms. The predicted octanol–water partition coefficient (Wildman–Crippen LogP) is 7.40. The minimum absolute atomic E-state index is 0.225. The van der Waals surface area contributed by atoms with E-state index in [4.69, 9.17) is 25.3 Å². The van der Waals surface area contributed by atoms with Crippen molar-refractivity contribution in [3.63, 3.8) is 0 Å². The molecule has 0 aliphatic rings. The van der Waals surface area contributed by atoms with Crippen LogP contribution in [0.4, 0.5) is 0 Å². The minimum atomic E-state index is 0.225. The first kappa shape index (κ1) is 20.5. The Morgan fingerprint density at radius 3 is 1.32 bits per heavy atom. The highest BCUT2D eigenvalue weighted by molar-refractivity contribution is 7.81. The molecule has 0 N–H and O–H groups in total. The van der Waals surface area contributed by atoms with Crippen LogP contribution in [0.5, 0.6) is 0 Å². The highest BCUT2D eigenvalue weighted by Crippen LogP contribution is 2.35. The van der Waals surface area contributed by atoms with Crippen LogP contribution in [0.25, 0.3) is 0 Å². The van der Waals surface area contributed by atoms with Gasteiger partial charge >= 0.3 is 0 Å². The van der Waals surface area contributed by atoms with Crippen molar-refractivity contribution < 1.29 is 0 Å². The van der Waals surface area contributed by atoms with Crippen LogP contribution in [0.2, 0.25) is 0 Å². The number of rotatable bonds is 10. The van der Waals surface area contributed by atoms with Crippen LogP contribution < -0.4 is 0 Å². The molecule has 2 aromatic rings. The van der Waals surface area contributed by atoms with Gasteiger partial charge in [0, 0.05) is 10.5 Å². The summed E-state index contributed by atoms with van der Waals surface area (Å²) in [5, 5.41) is 0.449. The van der Waals surface area contributed by atoms with Crippen LogP contribution in [0.1, 0.15) is 78.7 Å². The van der Waals surface area contributed by atoms with E-state index in [9.17, 15) is 0 Å². The minimum Gasteiger partial charge on any atom is -0.171 e. The van der Waals surface area contributed by atoms with Crippen molar-refractivity contribution in [3.05, 3.63) is 70.8 Å². The van der Waals surface area contributed by atoms with Gasteiger partial charge < -0.3 is 0 Å². The van der Waals surface area contributed by atoms with Gasteiger partial charge in [-0.1, -0.05) is 75.2 Å². The number of aryl methyl sites for hydroxylation is 2. The molecule has 0 saturated carbocycles. The van der Waals surface area contributed by atoms with Crippen LogP contribution in [-0.2, 0) is 12.8 Å². The summed E-state index contributed by atoms with van der Waals surface area (Å²) in [5.41, 5.74) is 5.44. The summed E-state index contributed by atoms with van der Waals surface area (Å²) in [6, 6.07) is 17.9. The number of unbranched alkanes of at least 4 members (excludes halogenated alkanes) is 2. The summed E-state index contributed by atoms with van der Waals surface area (Å²) in [4.78, 5) is 0. The van der Waals surface area contributed by atoms with Gasteiger partial charge in [-0.25, -0.2) is 0 Å². The van der Waals surface area contributed by atoms with Crippen molar-refractivity contribution in [1.29, 1.82) is 0 Å². The Morgan fingerprint density at radius 2 is 1.00 bits per heavy atom. The SMILES string of the molecule is CCCCc1ccc(C(S)CC(S)c2ccc(CCCC)cc2)cc1. The van der Waals surface area contributed by atoms with E-state index in [0.29, 0.717) is 0 Å². The highest BCUT2D eigenvalue weighted by Gasteiger charge is 2.14. The number of hydrogen-bond donors (Lipinski definition) is 2. The Labute approximate surface area is 165 Å². The van der Waals surface area contributed by atoms with Crippen molar-refractivity contribution in [2.24, 2.45) is 0 Å². The molecule has 0 heterocycles. The largest absolute Gasteiger partial charge is 0.171 e. The lowest BCUT2D eigenvalue weighted by Crippen LogP contribution is -1.99. The first-order chi connectivity index (χ1) is 12.1. The van der Waals surface area contributed by atoms with E-state index in [0.717, 1.165) is 6.42 Å². The highest BCUT2D eigenvalue weighted by atomic mass is 32.1. The molecular weight excluding hydrogens is 340 g/mol. The van der Waals surface area contributed by atoms with Crippen molar-refractivity contribution >= 4 is 25.3 Å². The molecule has 2 aromatic carbocycles. The van der Waals surface area contributed by atoms with E-state index in [1.807, 2.05) is 0 Å². The Bertz CT molecular complexity index is 545. The van der Waals surface area contributed by atoms with Crippen LogP contribution >= 0.6 is 25.3 Å². The molecule has 2 atom stereocenters. The zero-order valence-electron chi connectivity index (χ0n) is 15.6. The lowest BCUT2D eigenvalue weighted by Gasteiger charge is -2.17. The molecule has 2 rings (SSSR count). The molecule has 0 fully saturated rings. The van der Waals surface area contributed by atoms with Crippen molar-refractivity contribution in [1.82, 2.24) is 0 Å². The summed E-state index contributed by atoms with van der Waals surface area (Å²) in [5.74, 6) is 0. The maximum absolute atomic E-state index is 4.83. The second-order valence-electron chi connectivity index (χ2n) is 6.96. The number of benzene rings is 2. The maximum atomic E-state index is 4.83. The Kier molecular flexibility index (Phi) is 8.98. The van der Waals surface area contributed by atoms with Gasteiger partial charge in [0.25, 0.3) is 0 Å². The zero-order valence-corrected chi connectivity index (χ0v) is 17.4. The quantitative estimate of drug-likeness (QED) is 0.399. The molecule has 0 amide bonds. The van der Waals surface area contributed by atoms with Crippen LogP contribution in [0.15, 0.2) is 48.5 Å². The average Bonchev–Trinajstić information content (AvgIpc) is 2.65. The molecule has 136 valence electrons. The number of thiol groups is 2. The lowest BCUT2D eigenvalue weighted by molar-refractivity contribution is 0.781. The molecule has 0 bridgehead atoms. The van der Waals surface area contributed by atoms with Gasteiger partial charge in [0.1, 0.15) is 0 Å². The van der Waals surface area contributed by atoms with Crippen molar-refractivity contribution in [2.75, 3.05) is 0 Å². The fourth-order valence-electron chi connectivity index (χ4n) is 3.06. The fraction of sp³-hybridized carbons (Fsp3) is 0.478. The monoisotopic (exact) mass is 372 g/mol. The van der Waals surface area contributed by atoms with Crippen molar-refractivity contribution in [2.45, 2.75) is 69.3 Å². The fourth-order valence-corrected chi connectivity index (χ4v) is 3.99. The molecular formula is C23H32S2. The molecule has 0 radical (unpaired) electrons. The Hall–Kier alpha value is -0.860. The average molecular weight is 373 g/mol. The Balaban J connectivity index is 1.91. The van der Waals surface area contributed by atoms with E-state index in [1.54, 1.807) is 0 Å². The van der Waals surface area contributed by atoms with Crippen LogP contribution in [0.3, 0.4) is 0 Å². The third-order valence-electron chi connectivity index (χ3n) is 4.81. The third-order valence-corrected chi connectivity index (χ3v) is 5.83. The standard InChI is InChI=1S/C23H32S2/c1-3-5-7-18-9-13-20(14-10-18)22(24)17-23(25)21-15-11-19(12-16-21)8-6-4-2/h9-16,22-25H,3-8,17H2,1-2H3. The predicted molar refractivity (Wildman–Crippen MR) is 118 cm³/mol. The van der Waals surface area contributed by atoms with Gasteiger partial charge in [-0.05, 0) is 54.4 Å². The van der Waals surface area contributed by atoms with Gasteiger partial charge in [-0.15, -0.1) is 0 Å². The van der Waals surface area contributed by atoms with Crippen LogP contribution in [-0.4, -0.2) is 0 Å². The Morgan fingerprint density at radius 1 is 0.640 bits per heavy atom. The van der Waals surface area contributed by atoms with Gasteiger partial charge in [0.2, 0.25) is 0 Å². The lowest BCUT2D eigenvalue weighted by atomic mass is 9.99. The molecule has 25 heavy (non-hydrogen) atoms. The summed E-state index contributed by atoms with van der Waals surface area (Å²) in [6.45, 7) is 4.47. The van der Waals surface area contributed by atoms with Gasteiger partial charge in [-0.3, -0.25) is 0 Å². The normalized spacial score (nSPS) is 13.6. The van der Waals surface area contributed by atoms with Gasteiger partial charge in [-0.2, -0.15) is 25.3 Å². The van der Waals surface area contributed by atoms with E-state index < -0.39 is 0 Å². The summed E-state index contributed by atoms with van der Waals surface area (Å²) < 4.78 is 0. The molecule has 0 spiro atoms. The second-order valence-corrected chi connectivity index (χ2v) is 8.20. The molecule has 0 saturated heterocycles. The third kappa shape index (κ3) is 6.75. The smallest absolute Gasteiger partial charge is 0.0280 e. The summed E-state index contributed by atoms with van der Waals surface area (Å²) in [6.07, 6.45) is 8.30. The van der Waals surface area contributed by atoms with Gasteiger partial charge in [0.05, 0.1) is 0 Å². The van der Waals surface area contributed by atoms with Crippen LogP contribution in [0, 0.1) is 0 Å².